The van der Waals surface area contributed by atoms with E-state index in [0.717, 1.165) is 11.1 Å². The van der Waals surface area contributed by atoms with Gasteiger partial charge in [0.1, 0.15) is 0 Å². The highest BCUT2D eigenvalue weighted by atomic mass is 16.1. The molecule has 0 aromatic rings. The molecule has 0 saturated carbocycles. The van der Waals surface area contributed by atoms with Crippen molar-refractivity contribution in [1.29, 1.82) is 0 Å². The first-order valence-electron chi connectivity index (χ1n) is 5.58. The van der Waals surface area contributed by atoms with E-state index in [4.69, 9.17) is 0 Å². The predicted octanol–water partition coefficient (Wildman–Crippen LogP) is 3.68. The molecule has 1 heteroatoms. The highest BCUT2D eigenvalue weighted by molar-refractivity contribution is 6.11. The molecule has 0 aromatic carbocycles. The Labute approximate surface area is 92.6 Å². The van der Waals surface area contributed by atoms with Crippen molar-refractivity contribution >= 4 is 5.78 Å². The number of carbonyl (C=O) groups is 1. The second-order valence-electron chi connectivity index (χ2n) is 4.72. The lowest BCUT2D eigenvalue weighted by atomic mass is 9.84. The quantitative estimate of drug-likeness (QED) is 0.627. The molecule has 1 rings (SSSR count). The van der Waals surface area contributed by atoms with Crippen LogP contribution in [0.15, 0.2) is 34.9 Å². The Bertz CT molecular complexity index is 342. The molecule has 0 aliphatic heterocycles. The number of rotatable bonds is 2. The molecule has 0 N–H and O–H groups in total. The molecule has 0 radical (unpaired) electrons. The topological polar surface area (TPSA) is 17.1 Å². The molecule has 15 heavy (non-hydrogen) atoms. The van der Waals surface area contributed by atoms with Gasteiger partial charge >= 0.3 is 0 Å². The maximum atomic E-state index is 12.0. The number of hydrogen-bond acceptors (Lipinski definition) is 1. The summed E-state index contributed by atoms with van der Waals surface area (Å²) in [4.78, 5) is 12.0. The number of allylic oxidation sites excluding steroid dienone is 6. The van der Waals surface area contributed by atoms with E-state index in [9.17, 15) is 4.79 Å². The van der Waals surface area contributed by atoms with Crippen LogP contribution < -0.4 is 0 Å². The third-order valence-electron chi connectivity index (χ3n) is 2.77. The molecule has 0 fully saturated rings. The summed E-state index contributed by atoms with van der Waals surface area (Å²) in [6.45, 7) is 10.5. The Morgan fingerprint density at radius 3 is 2.13 bits per heavy atom. The van der Waals surface area contributed by atoms with Crippen molar-refractivity contribution in [2.45, 2.75) is 34.6 Å². The molecule has 0 amide bonds. The highest BCUT2D eigenvalue weighted by Crippen LogP contribution is 2.27. The zero-order chi connectivity index (χ0) is 11.6. The van der Waals surface area contributed by atoms with Crippen LogP contribution in [0.25, 0.3) is 0 Å². The number of carbonyl (C=O) groups excluding carboxylic acids is 1. The molecule has 0 aromatic heterocycles. The normalized spacial score (nSPS) is 16.3. The zero-order valence-corrected chi connectivity index (χ0v) is 10.3. The van der Waals surface area contributed by atoms with Gasteiger partial charge in [0.25, 0.3) is 0 Å². The van der Waals surface area contributed by atoms with Crippen LogP contribution in [0.5, 0.6) is 0 Å². The van der Waals surface area contributed by atoms with Crippen LogP contribution in [0.2, 0.25) is 0 Å². The summed E-state index contributed by atoms with van der Waals surface area (Å²) in [5.41, 5.74) is 3.01. The van der Waals surface area contributed by atoms with E-state index in [1.807, 2.05) is 25.2 Å². The van der Waals surface area contributed by atoms with Crippen molar-refractivity contribution in [1.82, 2.24) is 0 Å². The smallest absolute Gasteiger partial charge is 0.188 e. The summed E-state index contributed by atoms with van der Waals surface area (Å²) in [5.74, 6) is 1.05. The first-order valence-corrected chi connectivity index (χ1v) is 5.58. The van der Waals surface area contributed by atoms with E-state index < -0.39 is 0 Å². The van der Waals surface area contributed by atoms with Gasteiger partial charge in [-0.15, -0.1) is 0 Å². The highest BCUT2D eigenvalue weighted by Gasteiger charge is 2.20. The van der Waals surface area contributed by atoms with E-state index in [-0.39, 0.29) is 5.78 Å². The van der Waals surface area contributed by atoms with Gasteiger partial charge < -0.3 is 0 Å². The lowest BCUT2D eigenvalue weighted by Crippen LogP contribution is -2.14. The van der Waals surface area contributed by atoms with Gasteiger partial charge in [0.15, 0.2) is 5.78 Å². The van der Waals surface area contributed by atoms with E-state index >= 15 is 0 Å². The van der Waals surface area contributed by atoms with Crippen LogP contribution >= 0.6 is 0 Å². The number of ketones is 1. The van der Waals surface area contributed by atoms with Gasteiger partial charge in [-0.25, -0.2) is 0 Å². The molecule has 0 spiro atoms. The fraction of sp³-hybridized carbons (Fsp3) is 0.500. The molecule has 82 valence electrons. The molecule has 1 nitrogen and oxygen atoms in total. The van der Waals surface area contributed by atoms with Crippen LogP contribution in [0, 0.1) is 11.8 Å². The minimum absolute atomic E-state index is 0.190. The molecular weight excluding hydrogens is 184 g/mol. The summed E-state index contributed by atoms with van der Waals surface area (Å²) in [6.07, 6.45) is 5.80. The molecule has 1 aliphatic rings. The SMILES string of the molecule is CC1=CC=CC(=C(C(C)C)C(C)C)C1=O. The molecule has 0 heterocycles. The average molecular weight is 204 g/mol. The van der Waals surface area contributed by atoms with Gasteiger partial charge in [-0.1, -0.05) is 51.5 Å². The zero-order valence-electron chi connectivity index (χ0n) is 10.3. The molecule has 0 bridgehead atoms. The molecular formula is C14H20O. The molecule has 0 unspecified atom stereocenters. The summed E-state index contributed by atoms with van der Waals surface area (Å²) < 4.78 is 0. The lowest BCUT2D eigenvalue weighted by Gasteiger charge is -2.20. The Morgan fingerprint density at radius 2 is 1.67 bits per heavy atom. The van der Waals surface area contributed by atoms with Crippen molar-refractivity contribution in [2.24, 2.45) is 11.8 Å². The first kappa shape index (κ1) is 12.0. The predicted molar refractivity (Wildman–Crippen MR) is 64.6 cm³/mol. The third-order valence-corrected chi connectivity index (χ3v) is 2.77. The monoisotopic (exact) mass is 204 g/mol. The maximum Gasteiger partial charge on any atom is 0.188 e. The Kier molecular flexibility index (Phi) is 3.67. The van der Waals surface area contributed by atoms with Crippen molar-refractivity contribution in [2.75, 3.05) is 0 Å². The molecule has 0 atom stereocenters. The number of hydrogen-bond donors (Lipinski definition) is 0. The Hall–Kier alpha value is -1.11. The largest absolute Gasteiger partial charge is 0.289 e. The van der Waals surface area contributed by atoms with Crippen LogP contribution in [0.1, 0.15) is 34.6 Å². The fourth-order valence-corrected chi connectivity index (χ4v) is 2.17. The summed E-state index contributed by atoms with van der Waals surface area (Å²) in [5, 5.41) is 0. The molecule has 1 aliphatic carbocycles. The second-order valence-corrected chi connectivity index (χ2v) is 4.72. The van der Waals surface area contributed by atoms with Gasteiger partial charge in [0.2, 0.25) is 0 Å². The maximum absolute atomic E-state index is 12.0. The third kappa shape index (κ3) is 2.47. The van der Waals surface area contributed by atoms with E-state index in [0.29, 0.717) is 11.8 Å². The van der Waals surface area contributed by atoms with E-state index in [1.54, 1.807) is 0 Å². The first-order chi connectivity index (χ1) is 6.95. The standard InChI is InChI=1S/C14H20O/c1-9(2)13(10(3)4)12-8-6-7-11(5)14(12)15/h6-10H,1-5H3. The van der Waals surface area contributed by atoms with Crippen LogP contribution in [-0.2, 0) is 4.79 Å². The summed E-state index contributed by atoms with van der Waals surface area (Å²) >= 11 is 0. The minimum Gasteiger partial charge on any atom is -0.289 e. The van der Waals surface area contributed by atoms with Gasteiger partial charge in [-0.2, -0.15) is 0 Å². The summed E-state index contributed by atoms with van der Waals surface area (Å²) in [7, 11) is 0. The van der Waals surface area contributed by atoms with Gasteiger partial charge in [0, 0.05) is 5.57 Å². The summed E-state index contributed by atoms with van der Waals surface area (Å²) in [6, 6.07) is 0. The van der Waals surface area contributed by atoms with Gasteiger partial charge in [-0.05, 0) is 24.3 Å². The van der Waals surface area contributed by atoms with Crippen LogP contribution in [0.3, 0.4) is 0 Å². The van der Waals surface area contributed by atoms with Crippen LogP contribution in [0.4, 0.5) is 0 Å². The van der Waals surface area contributed by atoms with Gasteiger partial charge in [-0.3, -0.25) is 4.79 Å². The second kappa shape index (κ2) is 4.61. The molecule has 0 saturated heterocycles. The van der Waals surface area contributed by atoms with E-state index in [1.165, 1.54) is 5.57 Å². The van der Waals surface area contributed by atoms with Crippen molar-refractivity contribution in [3.05, 3.63) is 34.9 Å². The van der Waals surface area contributed by atoms with Crippen molar-refractivity contribution in [3.63, 3.8) is 0 Å². The Balaban J connectivity index is 3.23. The van der Waals surface area contributed by atoms with Crippen LogP contribution in [-0.4, -0.2) is 5.78 Å². The van der Waals surface area contributed by atoms with E-state index in [2.05, 4.69) is 27.7 Å². The Morgan fingerprint density at radius 1 is 1.13 bits per heavy atom. The fourth-order valence-electron chi connectivity index (χ4n) is 2.17. The average Bonchev–Trinajstić information content (AvgIpc) is 2.11. The van der Waals surface area contributed by atoms with Crippen molar-refractivity contribution in [3.8, 4) is 0 Å². The minimum atomic E-state index is 0.190. The number of Topliss-reactive ketones (excluding diaryl/α,β-unsaturated/α-hetero) is 1. The lowest BCUT2D eigenvalue weighted by molar-refractivity contribution is -0.112. The van der Waals surface area contributed by atoms with Gasteiger partial charge in [0.05, 0.1) is 0 Å². The van der Waals surface area contributed by atoms with Crippen molar-refractivity contribution < 1.29 is 4.79 Å².